The number of unbranched alkanes of at least 4 members (excludes halogenated alkanes) is 7. The molecule has 0 aromatic heterocycles. The molecule has 0 saturated heterocycles. The lowest BCUT2D eigenvalue weighted by Gasteiger charge is -2.16. The summed E-state index contributed by atoms with van der Waals surface area (Å²) < 4.78 is 0. The van der Waals surface area contributed by atoms with Gasteiger partial charge in [-0.05, 0) is 30.4 Å². The zero-order valence-corrected chi connectivity index (χ0v) is 14.6. The van der Waals surface area contributed by atoms with Crippen molar-refractivity contribution in [1.82, 2.24) is 5.43 Å². The second-order valence-corrected chi connectivity index (χ2v) is 6.64. The fourth-order valence-electron chi connectivity index (χ4n) is 2.66. The minimum Gasteiger partial charge on any atom is -0.271 e. The predicted molar refractivity (Wildman–Crippen MR) is 95.5 cm³/mol. The minimum atomic E-state index is 0.293. The van der Waals surface area contributed by atoms with Crippen LogP contribution in [0.15, 0.2) is 29.2 Å². The van der Waals surface area contributed by atoms with Crippen LogP contribution in [0.1, 0.15) is 76.3 Å². The molecular weight excluding hydrogens is 276 g/mol. The van der Waals surface area contributed by atoms with Crippen molar-refractivity contribution in [3.05, 3.63) is 29.8 Å². The molecule has 1 unspecified atom stereocenters. The lowest BCUT2D eigenvalue weighted by atomic mass is 10.00. The molecule has 0 radical (unpaired) electrons. The van der Waals surface area contributed by atoms with Crippen LogP contribution in [-0.2, 0) is 0 Å². The third-order valence-corrected chi connectivity index (χ3v) is 4.81. The van der Waals surface area contributed by atoms with Gasteiger partial charge < -0.3 is 0 Å². The number of nitrogens with two attached hydrogens (primary N) is 1. The first-order valence-corrected chi connectivity index (χ1v) is 9.64. The molecule has 1 rings (SSSR count). The van der Waals surface area contributed by atoms with Crippen molar-refractivity contribution in [1.29, 1.82) is 0 Å². The van der Waals surface area contributed by atoms with Gasteiger partial charge in [0.05, 0.1) is 0 Å². The Morgan fingerprint density at radius 1 is 0.952 bits per heavy atom. The number of hydrazine groups is 1. The molecule has 0 aliphatic heterocycles. The molecule has 0 aliphatic carbocycles. The van der Waals surface area contributed by atoms with Crippen molar-refractivity contribution in [2.75, 3.05) is 6.26 Å². The maximum Gasteiger partial charge on any atom is 0.0460 e. The van der Waals surface area contributed by atoms with E-state index in [0.717, 1.165) is 6.42 Å². The predicted octanol–water partition coefficient (Wildman–Crippen LogP) is 5.44. The van der Waals surface area contributed by atoms with Crippen molar-refractivity contribution in [2.45, 2.75) is 75.6 Å². The molecule has 2 nitrogen and oxygen atoms in total. The molecule has 120 valence electrons. The maximum absolute atomic E-state index is 5.72. The van der Waals surface area contributed by atoms with Crippen molar-refractivity contribution in [3.8, 4) is 0 Å². The van der Waals surface area contributed by atoms with Gasteiger partial charge in [0.25, 0.3) is 0 Å². The summed E-state index contributed by atoms with van der Waals surface area (Å²) >= 11 is 1.78. The second kappa shape index (κ2) is 12.1. The first-order chi connectivity index (χ1) is 10.3. The molecule has 1 aromatic carbocycles. The van der Waals surface area contributed by atoms with Gasteiger partial charge in [0, 0.05) is 10.9 Å². The van der Waals surface area contributed by atoms with Gasteiger partial charge in [-0.25, -0.2) is 0 Å². The number of nitrogens with one attached hydrogen (secondary N) is 1. The largest absolute Gasteiger partial charge is 0.271 e. The van der Waals surface area contributed by atoms with Crippen LogP contribution in [0.2, 0.25) is 0 Å². The maximum atomic E-state index is 5.72. The van der Waals surface area contributed by atoms with Gasteiger partial charge in [-0.1, -0.05) is 70.4 Å². The molecule has 1 aromatic rings. The summed E-state index contributed by atoms with van der Waals surface area (Å²) in [6.07, 6.45) is 14.1. The van der Waals surface area contributed by atoms with E-state index >= 15 is 0 Å². The van der Waals surface area contributed by atoms with E-state index < -0.39 is 0 Å². The van der Waals surface area contributed by atoms with Crippen LogP contribution >= 0.6 is 11.8 Å². The van der Waals surface area contributed by atoms with Gasteiger partial charge in [-0.15, -0.1) is 11.8 Å². The van der Waals surface area contributed by atoms with Crippen LogP contribution in [-0.4, -0.2) is 6.26 Å². The Bertz CT molecular complexity index is 351. The third kappa shape index (κ3) is 7.89. The molecule has 0 bridgehead atoms. The summed E-state index contributed by atoms with van der Waals surface area (Å²) in [5.41, 5.74) is 4.27. The lowest BCUT2D eigenvalue weighted by molar-refractivity contribution is 0.475. The van der Waals surface area contributed by atoms with E-state index in [1.54, 1.807) is 11.8 Å². The highest BCUT2D eigenvalue weighted by atomic mass is 32.2. The smallest absolute Gasteiger partial charge is 0.0460 e. The van der Waals surface area contributed by atoms with Gasteiger partial charge in [-0.3, -0.25) is 11.3 Å². The van der Waals surface area contributed by atoms with E-state index in [9.17, 15) is 0 Å². The SMILES string of the molecule is CCCCCCCCCCC(NN)c1ccc(SC)cc1. The second-order valence-electron chi connectivity index (χ2n) is 5.76. The van der Waals surface area contributed by atoms with Crippen LogP contribution in [0, 0.1) is 0 Å². The molecule has 0 heterocycles. The van der Waals surface area contributed by atoms with E-state index in [2.05, 4.69) is 42.9 Å². The summed E-state index contributed by atoms with van der Waals surface area (Å²) in [7, 11) is 0. The Hall–Kier alpha value is -0.510. The summed E-state index contributed by atoms with van der Waals surface area (Å²) in [6.45, 7) is 2.27. The molecule has 21 heavy (non-hydrogen) atoms. The summed E-state index contributed by atoms with van der Waals surface area (Å²) in [6, 6.07) is 9.04. The normalized spacial score (nSPS) is 12.5. The number of thioether (sulfide) groups is 1. The van der Waals surface area contributed by atoms with Gasteiger partial charge in [-0.2, -0.15) is 0 Å². The molecule has 0 amide bonds. The Labute approximate surface area is 135 Å². The highest BCUT2D eigenvalue weighted by Gasteiger charge is 2.08. The van der Waals surface area contributed by atoms with Gasteiger partial charge in [0.15, 0.2) is 0 Å². The lowest BCUT2D eigenvalue weighted by Crippen LogP contribution is -2.27. The van der Waals surface area contributed by atoms with E-state index in [4.69, 9.17) is 5.84 Å². The van der Waals surface area contributed by atoms with Crippen molar-refractivity contribution in [3.63, 3.8) is 0 Å². The van der Waals surface area contributed by atoms with Crippen molar-refractivity contribution < 1.29 is 0 Å². The first kappa shape index (κ1) is 18.5. The molecule has 0 aliphatic rings. The van der Waals surface area contributed by atoms with Crippen LogP contribution < -0.4 is 11.3 Å². The number of rotatable bonds is 12. The number of hydrogen-bond acceptors (Lipinski definition) is 3. The molecule has 0 spiro atoms. The molecule has 3 N–H and O–H groups in total. The van der Waals surface area contributed by atoms with E-state index in [1.165, 1.54) is 61.8 Å². The monoisotopic (exact) mass is 308 g/mol. The third-order valence-electron chi connectivity index (χ3n) is 4.07. The zero-order valence-electron chi connectivity index (χ0n) is 13.7. The fourth-order valence-corrected chi connectivity index (χ4v) is 3.07. The summed E-state index contributed by atoms with van der Waals surface area (Å²) in [5.74, 6) is 5.72. The molecule has 1 atom stereocenters. The average molecular weight is 309 g/mol. The Morgan fingerprint density at radius 3 is 2.05 bits per heavy atom. The molecule has 0 saturated carbocycles. The minimum absolute atomic E-state index is 0.293. The first-order valence-electron chi connectivity index (χ1n) is 8.42. The molecule has 3 heteroatoms. The van der Waals surface area contributed by atoms with Gasteiger partial charge in [0.2, 0.25) is 0 Å². The van der Waals surface area contributed by atoms with Gasteiger partial charge >= 0.3 is 0 Å². The number of benzene rings is 1. The summed E-state index contributed by atoms with van der Waals surface area (Å²) in [5, 5.41) is 0. The van der Waals surface area contributed by atoms with Crippen LogP contribution in [0.25, 0.3) is 0 Å². The van der Waals surface area contributed by atoms with Crippen LogP contribution in [0.5, 0.6) is 0 Å². The summed E-state index contributed by atoms with van der Waals surface area (Å²) in [4.78, 5) is 1.31. The fraction of sp³-hybridized carbons (Fsp3) is 0.667. The van der Waals surface area contributed by atoms with Crippen LogP contribution in [0.4, 0.5) is 0 Å². The Morgan fingerprint density at radius 2 is 1.52 bits per heavy atom. The molecule has 0 fully saturated rings. The highest BCUT2D eigenvalue weighted by molar-refractivity contribution is 7.98. The number of hydrogen-bond donors (Lipinski definition) is 2. The average Bonchev–Trinajstić information content (AvgIpc) is 2.54. The zero-order chi connectivity index (χ0) is 15.3. The van der Waals surface area contributed by atoms with Gasteiger partial charge in [0.1, 0.15) is 0 Å². The highest BCUT2D eigenvalue weighted by Crippen LogP contribution is 2.22. The van der Waals surface area contributed by atoms with Crippen molar-refractivity contribution >= 4 is 11.8 Å². The van der Waals surface area contributed by atoms with Crippen LogP contribution in [0.3, 0.4) is 0 Å². The quantitative estimate of drug-likeness (QED) is 0.233. The standard InChI is InChI=1S/C18H32N2S/c1-3-4-5-6-7-8-9-10-11-18(20-19)16-12-14-17(21-2)15-13-16/h12-15,18,20H,3-11,19H2,1-2H3. The Kier molecular flexibility index (Phi) is 10.7. The van der Waals surface area contributed by atoms with Crippen molar-refractivity contribution in [2.24, 2.45) is 5.84 Å². The van der Waals surface area contributed by atoms with E-state index in [-0.39, 0.29) is 0 Å². The van der Waals surface area contributed by atoms with E-state index in [1.807, 2.05) is 0 Å². The molecular formula is C18H32N2S. The van der Waals surface area contributed by atoms with E-state index in [0.29, 0.717) is 6.04 Å². The topological polar surface area (TPSA) is 38.0 Å². The Balaban J connectivity index is 2.18.